The summed E-state index contributed by atoms with van der Waals surface area (Å²) in [6, 6.07) is 3.84. The molecule has 1 aromatic carbocycles. The number of nitrogens with zero attached hydrogens (tertiary/aromatic N) is 1. The van der Waals surface area contributed by atoms with Crippen LogP contribution in [0.25, 0.3) is 0 Å². The summed E-state index contributed by atoms with van der Waals surface area (Å²) in [5.41, 5.74) is -4.50. The second-order valence-corrected chi connectivity index (χ2v) is 6.85. The van der Waals surface area contributed by atoms with E-state index < -0.39 is 52.7 Å². The first-order valence-electron chi connectivity index (χ1n) is 9.03. The topological polar surface area (TPSA) is 75.1 Å². The van der Waals surface area contributed by atoms with Crippen molar-refractivity contribution in [1.29, 1.82) is 5.41 Å². The Morgan fingerprint density at radius 3 is 2.30 bits per heavy atom. The van der Waals surface area contributed by atoms with Crippen molar-refractivity contribution >= 4 is 29.0 Å². The van der Waals surface area contributed by atoms with Gasteiger partial charge in [-0.3, -0.25) is 15.2 Å². The van der Waals surface area contributed by atoms with Gasteiger partial charge in [-0.05, 0) is 43.3 Å². The van der Waals surface area contributed by atoms with E-state index in [4.69, 9.17) is 21.7 Å². The maximum atomic E-state index is 14.5. The molecule has 0 spiro atoms. The number of rotatable bonds is 7. The van der Waals surface area contributed by atoms with Crippen LogP contribution in [0.5, 0.6) is 0 Å². The summed E-state index contributed by atoms with van der Waals surface area (Å²) < 4.78 is 96.9. The molecule has 0 bridgehead atoms. The Labute approximate surface area is 187 Å². The number of allylic oxidation sites excluding steroid dienone is 1. The van der Waals surface area contributed by atoms with Crippen molar-refractivity contribution in [2.24, 2.45) is 0 Å². The van der Waals surface area contributed by atoms with Crippen LogP contribution in [0.2, 0.25) is 5.02 Å². The van der Waals surface area contributed by atoms with Gasteiger partial charge in [-0.25, -0.2) is 4.39 Å². The predicted octanol–water partition coefficient (Wildman–Crippen LogP) is 6.12. The van der Waals surface area contributed by atoms with Crippen LogP contribution in [0.3, 0.4) is 0 Å². The number of anilines is 1. The summed E-state index contributed by atoms with van der Waals surface area (Å²) in [4.78, 5) is 16.3. The fraction of sp³-hybridized carbons (Fsp3) is 0.250. The summed E-state index contributed by atoms with van der Waals surface area (Å²) in [5.74, 6) is -4.29. The Hall–Kier alpha value is -3.15. The van der Waals surface area contributed by atoms with E-state index in [1.807, 2.05) is 0 Å². The molecule has 0 radical (unpaired) electrons. The molecule has 1 unspecified atom stereocenters. The zero-order chi connectivity index (χ0) is 25.0. The molecule has 0 fully saturated rings. The number of nitrogens with one attached hydrogen (secondary N) is 2. The van der Waals surface area contributed by atoms with Crippen LogP contribution in [0.1, 0.15) is 24.1 Å². The summed E-state index contributed by atoms with van der Waals surface area (Å²) in [6.07, 6.45) is -8.66. The van der Waals surface area contributed by atoms with Gasteiger partial charge >= 0.3 is 18.3 Å². The molecule has 0 aliphatic heterocycles. The number of benzene rings is 1. The first-order chi connectivity index (χ1) is 15.2. The zero-order valence-electron chi connectivity index (χ0n) is 16.6. The van der Waals surface area contributed by atoms with Crippen LogP contribution in [0.15, 0.2) is 48.3 Å². The molecule has 13 heteroatoms. The van der Waals surface area contributed by atoms with Gasteiger partial charge in [0.15, 0.2) is 0 Å². The molecular weight excluding hydrogens is 483 g/mol. The lowest BCUT2D eigenvalue weighted by Gasteiger charge is -2.22. The van der Waals surface area contributed by atoms with Crippen molar-refractivity contribution in [2.75, 3.05) is 11.9 Å². The van der Waals surface area contributed by atoms with Gasteiger partial charge in [0.1, 0.15) is 17.4 Å². The van der Waals surface area contributed by atoms with Crippen molar-refractivity contribution in [3.05, 3.63) is 70.4 Å². The van der Waals surface area contributed by atoms with Crippen LogP contribution in [0.4, 0.5) is 36.4 Å². The second-order valence-electron chi connectivity index (χ2n) is 6.42. The van der Waals surface area contributed by atoms with Gasteiger partial charge in [0.25, 0.3) is 0 Å². The molecular formula is C20H15ClF7N3O2. The largest absolute Gasteiger partial charge is 0.465 e. The Balaban J connectivity index is 2.62. The van der Waals surface area contributed by atoms with E-state index in [1.54, 1.807) is 0 Å². The molecule has 0 amide bonds. The summed E-state index contributed by atoms with van der Waals surface area (Å²) in [7, 11) is 0. The molecule has 2 rings (SSSR count). The molecule has 2 N–H and O–H groups in total. The fourth-order valence-electron chi connectivity index (χ4n) is 2.59. The number of carbonyl (C=O) groups excluding carboxylic acids is 1. The van der Waals surface area contributed by atoms with Crippen LogP contribution in [0, 0.1) is 11.2 Å². The van der Waals surface area contributed by atoms with Crippen LogP contribution >= 0.6 is 11.6 Å². The standard InChI is InChI=1S/C20H15ClF7N3O2/c1-2-33-18(32)16(17-13(22)7-11(21)9-30-17)14(8-15(29)20(26,27)28)31-12-5-3-10(4-6-12)19(23,24)25/h3-9,16,29,31H,2H2,1H3/b14-8-,29-15?. The second kappa shape index (κ2) is 10.2. The number of aromatic nitrogens is 1. The number of hydrogen-bond donors (Lipinski definition) is 2. The molecule has 0 saturated carbocycles. The lowest BCUT2D eigenvalue weighted by Crippen LogP contribution is -2.27. The van der Waals surface area contributed by atoms with Crippen molar-refractivity contribution in [3.63, 3.8) is 0 Å². The lowest BCUT2D eigenvalue weighted by molar-refractivity contribution is -0.144. The summed E-state index contributed by atoms with van der Waals surface area (Å²) >= 11 is 5.64. The SMILES string of the molecule is CCOC(=O)C(/C(=C/C(=N)C(F)(F)F)Nc1ccc(C(F)(F)F)cc1)c1ncc(Cl)cc1F. The Kier molecular flexibility index (Phi) is 8.06. The third-order valence-electron chi connectivity index (χ3n) is 4.05. The predicted molar refractivity (Wildman–Crippen MR) is 106 cm³/mol. The molecule has 1 aromatic heterocycles. The normalized spacial score (nSPS) is 13.4. The van der Waals surface area contributed by atoms with Gasteiger partial charge in [0.2, 0.25) is 0 Å². The van der Waals surface area contributed by atoms with E-state index in [1.165, 1.54) is 6.92 Å². The molecule has 0 saturated heterocycles. The summed E-state index contributed by atoms with van der Waals surface area (Å²) in [6.45, 7) is 1.17. The van der Waals surface area contributed by atoms with Crippen molar-refractivity contribution < 1.29 is 40.3 Å². The third-order valence-corrected chi connectivity index (χ3v) is 4.26. The smallest absolute Gasteiger partial charge is 0.432 e. The molecule has 5 nitrogen and oxygen atoms in total. The maximum Gasteiger partial charge on any atom is 0.432 e. The van der Waals surface area contributed by atoms with Crippen LogP contribution in [-0.4, -0.2) is 29.4 Å². The van der Waals surface area contributed by atoms with Gasteiger partial charge < -0.3 is 10.1 Å². The Bertz CT molecular complexity index is 1050. The minimum atomic E-state index is -5.14. The fourth-order valence-corrected chi connectivity index (χ4v) is 2.73. The number of carbonyl (C=O) groups is 1. The first-order valence-corrected chi connectivity index (χ1v) is 9.41. The van der Waals surface area contributed by atoms with Gasteiger partial charge in [-0.15, -0.1) is 0 Å². The van der Waals surface area contributed by atoms with E-state index >= 15 is 0 Å². The maximum absolute atomic E-state index is 14.5. The first kappa shape index (κ1) is 26.1. The van der Waals surface area contributed by atoms with E-state index in [0.717, 1.165) is 24.4 Å². The zero-order valence-corrected chi connectivity index (χ0v) is 17.4. The minimum Gasteiger partial charge on any atom is -0.465 e. The number of esters is 1. The van der Waals surface area contributed by atoms with Gasteiger partial charge in [0, 0.05) is 17.6 Å². The average Bonchev–Trinajstić information content (AvgIpc) is 2.69. The molecule has 0 aliphatic carbocycles. The molecule has 0 aliphatic rings. The van der Waals surface area contributed by atoms with Gasteiger partial charge in [0.05, 0.1) is 22.9 Å². The Morgan fingerprint density at radius 1 is 1.21 bits per heavy atom. The number of halogens is 8. The van der Waals surface area contributed by atoms with Gasteiger partial charge in [-0.1, -0.05) is 11.6 Å². The highest BCUT2D eigenvalue weighted by Gasteiger charge is 2.37. The van der Waals surface area contributed by atoms with E-state index in [2.05, 4.69) is 10.3 Å². The van der Waals surface area contributed by atoms with Crippen LogP contribution < -0.4 is 5.32 Å². The number of alkyl halides is 6. The molecule has 1 heterocycles. The highest BCUT2D eigenvalue weighted by Crippen LogP contribution is 2.33. The highest BCUT2D eigenvalue weighted by molar-refractivity contribution is 6.30. The van der Waals surface area contributed by atoms with Crippen LogP contribution in [-0.2, 0) is 15.7 Å². The van der Waals surface area contributed by atoms with Crippen molar-refractivity contribution in [1.82, 2.24) is 4.98 Å². The van der Waals surface area contributed by atoms with Crippen molar-refractivity contribution in [2.45, 2.75) is 25.2 Å². The van der Waals surface area contributed by atoms with E-state index in [-0.39, 0.29) is 23.4 Å². The van der Waals surface area contributed by atoms with E-state index in [0.29, 0.717) is 12.1 Å². The third kappa shape index (κ3) is 6.91. The average molecular weight is 498 g/mol. The molecule has 2 aromatic rings. The molecule has 33 heavy (non-hydrogen) atoms. The number of pyridine rings is 1. The monoisotopic (exact) mass is 497 g/mol. The number of hydrogen-bond acceptors (Lipinski definition) is 5. The molecule has 178 valence electrons. The quantitative estimate of drug-likeness (QED) is 0.275. The van der Waals surface area contributed by atoms with Gasteiger partial charge in [-0.2, -0.15) is 26.3 Å². The lowest BCUT2D eigenvalue weighted by atomic mass is 9.98. The Morgan fingerprint density at radius 2 is 1.82 bits per heavy atom. The highest BCUT2D eigenvalue weighted by atomic mass is 35.5. The van der Waals surface area contributed by atoms with E-state index in [9.17, 15) is 35.5 Å². The minimum absolute atomic E-state index is 0.164. The number of ether oxygens (including phenoxy) is 1. The summed E-state index contributed by atoms with van der Waals surface area (Å²) in [5, 5.41) is 9.45. The molecule has 1 atom stereocenters. The van der Waals surface area contributed by atoms with Crippen molar-refractivity contribution in [3.8, 4) is 0 Å².